The standard InChI is InChI=1S/C17H32N4O/c1-4-5-6-17-18-11-15(19-17)12-20-8-9-21(14(2)3)16(13-20)7-10-22/h11,14,16,22H,4-10,12-13H2,1-3H3,(H,18,19). The van der Waals surface area contributed by atoms with Gasteiger partial charge in [0.25, 0.3) is 0 Å². The van der Waals surface area contributed by atoms with Crippen LogP contribution in [0.25, 0.3) is 0 Å². The van der Waals surface area contributed by atoms with Crippen molar-refractivity contribution in [2.75, 3.05) is 26.2 Å². The van der Waals surface area contributed by atoms with Gasteiger partial charge in [0.1, 0.15) is 5.82 Å². The van der Waals surface area contributed by atoms with Crippen molar-refractivity contribution >= 4 is 0 Å². The summed E-state index contributed by atoms with van der Waals surface area (Å²) in [5.74, 6) is 1.12. The number of piperazine rings is 1. The molecule has 1 unspecified atom stereocenters. The van der Waals surface area contributed by atoms with Crippen LogP contribution in [0.3, 0.4) is 0 Å². The lowest BCUT2D eigenvalue weighted by Crippen LogP contribution is -2.55. The van der Waals surface area contributed by atoms with E-state index in [4.69, 9.17) is 0 Å². The molecule has 126 valence electrons. The Balaban J connectivity index is 1.89. The Bertz CT molecular complexity index is 432. The minimum Gasteiger partial charge on any atom is -0.396 e. The van der Waals surface area contributed by atoms with Gasteiger partial charge in [0.05, 0.1) is 0 Å². The van der Waals surface area contributed by atoms with Crippen LogP contribution in [-0.2, 0) is 13.0 Å². The number of hydrogen-bond donors (Lipinski definition) is 2. The van der Waals surface area contributed by atoms with Crippen molar-refractivity contribution in [1.82, 2.24) is 19.8 Å². The number of rotatable bonds is 8. The summed E-state index contributed by atoms with van der Waals surface area (Å²) in [6.07, 6.45) is 6.29. The topological polar surface area (TPSA) is 55.4 Å². The summed E-state index contributed by atoms with van der Waals surface area (Å²) in [4.78, 5) is 12.9. The van der Waals surface area contributed by atoms with Crippen LogP contribution in [0.4, 0.5) is 0 Å². The third-order valence-electron chi connectivity index (χ3n) is 4.58. The predicted molar refractivity (Wildman–Crippen MR) is 89.8 cm³/mol. The number of aliphatic hydroxyl groups is 1. The van der Waals surface area contributed by atoms with Gasteiger partial charge >= 0.3 is 0 Å². The molecule has 5 nitrogen and oxygen atoms in total. The highest BCUT2D eigenvalue weighted by atomic mass is 16.3. The number of unbranched alkanes of at least 4 members (excludes halogenated alkanes) is 1. The summed E-state index contributed by atoms with van der Waals surface area (Å²) in [6.45, 7) is 11.1. The van der Waals surface area contributed by atoms with E-state index in [1.165, 1.54) is 18.5 Å². The first-order valence-electron chi connectivity index (χ1n) is 8.75. The molecule has 0 aromatic carbocycles. The highest BCUT2D eigenvalue weighted by molar-refractivity contribution is 5.02. The molecule has 0 aliphatic carbocycles. The summed E-state index contributed by atoms with van der Waals surface area (Å²) in [5.41, 5.74) is 1.21. The molecule has 1 aliphatic heterocycles. The molecule has 0 radical (unpaired) electrons. The molecule has 1 fully saturated rings. The van der Waals surface area contributed by atoms with Gasteiger partial charge in [0.15, 0.2) is 0 Å². The van der Waals surface area contributed by atoms with Crippen LogP contribution < -0.4 is 0 Å². The predicted octanol–water partition coefficient (Wildman–Crippen LogP) is 2.03. The Morgan fingerprint density at radius 2 is 2.23 bits per heavy atom. The molecule has 0 saturated carbocycles. The van der Waals surface area contributed by atoms with Gasteiger partial charge in [-0.15, -0.1) is 0 Å². The van der Waals surface area contributed by atoms with Crippen LogP contribution in [0, 0.1) is 0 Å². The molecule has 1 aromatic heterocycles. The Labute approximate surface area is 134 Å². The molecule has 0 spiro atoms. The van der Waals surface area contributed by atoms with Crippen LogP contribution in [0.15, 0.2) is 6.20 Å². The van der Waals surface area contributed by atoms with Crippen LogP contribution in [-0.4, -0.2) is 63.2 Å². The lowest BCUT2D eigenvalue weighted by Gasteiger charge is -2.43. The SMILES string of the molecule is CCCCc1ncc(CN2CCN(C(C)C)C(CCO)C2)[nH]1. The lowest BCUT2D eigenvalue weighted by atomic mass is 10.1. The van der Waals surface area contributed by atoms with E-state index in [9.17, 15) is 5.11 Å². The number of aliphatic hydroxyl groups excluding tert-OH is 1. The number of aromatic nitrogens is 2. The van der Waals surface area contributed by atoms with Crippen LogP contribution >= 0.6 is 0 Å². The lowest BCUT2D eigenvalue weighted by molar-refractivity contribution is 0.0344. The third kappa shape index (κ3) is 4.80. The van der Waals surface area contributed by atoms with Crippen LogP contribution in [0.2, 0.25) is 0 Å². The second kappa shape index (κ2) is 8.65. The molecular weight excluding hydrogens is 276 g/mol. The third-order valence-corrected chi connectivity index (χ3v) is 4.58. The minimum atomic E-state index is 0.271. The van der Waals surface area contributed by atoms with Crippen LogP contribution in [0.5, 0.6) is 0 Å². The van der Waals surface area contributed by atoms with Crippen molar-refractivity contribution in [3.8, 4) is 0 Å². The summed E-state index contributed by atoms with van der Waals surface area (Å²) >= 11 is 0. The maximum absolute atomic E-state index is 9.32. The Morgan fingerprint density at radius 3 is 2.91 bits per heavy atom. The first-order chi connectivity index (χ1) is 10.6. The monoisotopic (exact) mass is 308 g/mol. The molecule has 5 heteroatoms. The van der Waals surface area contributed by atoms with Gasteiger partial charge in [-0.05, 0) is 26.7 Å². The first kappa shape index (κ1) is 17.4. The quantitative estimate of drug-likeness (QED) is 0.771. The number of imidazole rings is 1. The summed E-state index contributed by atoms with van der Waals surface area (Å²) in [5, 5.41) is 9.32. The fraction of sp³-hybridized carbons (Fsp3) is 0.824. The zero-order chi connectivity index (χ0) is 15.9. The smallest absolute Gasteiger partial charge is 0.106 e. The molecular formula is C17H32N4O. The summed E-state index contributed by atoms with van der Waals surface area (Å²) < 4.78 is 0. The Hall–Kier alpha value is -0.910. The average Bonchev–Trinajstić information content (AvgIpc) is 2.93. The van der Waals surface area contributed by atoms with E-state index >= 15 is 0 Å². The van der Waals surface area contributed by atoms with Crippen molar-refractivity contribution in [2.45, 2.75) is 65.1 Å². The molecule has 1 saturated heterocycles. The van der Waals surface area contributed by atoms with Crippen molar-refractivity contribution < 1.29 is 5.11 Å². The number of H-pyrrole nitrogens is 1. The van der Waals surface area contributed by atoms with E-state index in [2.05, 4.69) is 40.5 Å². The molecule has 2 heterocycles. The van der Waals surface area contributed by atoms with Crippen molar-refractivity contribution in [3.63, 3.8) is 0 Å². The van der Waals surface area contributed by atoms with E-state index < -0.39 is 0 Å². The average molecular weight is 308 g/mol. The number of hydrogen-bond acceptors (Lipinski definition) is 4. The van der Waals surface area contributed by atoms with E-state index in [1.807, 2.05) is 6.20 Å². The summed E-state index contributed by atoms with van der Waals surface area (Å²) in [7, 11) is 0. The highest BCUT2D eigenvalue weighted by Crippen LogP contribution is 2.17. The van der Waals surface area contributed by atoms with Crippen molar-refractivity contribution in [1.29, 1.82) is 0 Å². The highest BCUT2D eigenvalue weighted by Gasteiger charge is 2.28. The van der Waals surface area contributed by atoms with Crippen molar-refractivity contribution in [3.05, 3.63) is 17.7 Å². The molecule has 2 rings (SSSR count). The molecule has 1 aromatic rings. The Kier molecular flexibility index (Phi) is 6.86. The van der Waals surface area contributed by atoms with Gasteiger partial charge in [-0.3, -0.25) is 9.80 Å². The zero-order valence-corrected chi connectivity index (χ0v) is 14.4. The van der Waals surface area contributed by atoms with Gasteiger partial charge in [-0.25, -0.2) is 4.98 Å². The number of aromatic amines is 1. The van der Waals surface area contributed by atoms with E-state index in [1.54, 1.807) is 0 Å². The van der Waals surface area contributed by atoms with E-state index in [0.717, 1.165) is 44.8 Å². The molecule has 22 heavy (non-hydrogen) atoms. The zero-order valence-electron chi connectivity index (χ0n) is 14.4. The van der Waals surface area contributed by atoms with Crippen LogP contribution in [0.1, 0.15) is 51.6 Å². The molecule has 0 bridgehead atoms. The van der Waals surface area contributed by atoms with Gasteiger partial charge in [0.2, 0.25) is 0 Å². The fourth-order valence-corrected chi connectivity index (χ4v) is 3.36. The summed E-state index contributed by atoms with van der Waals surface area (Å²) in [6, 6.07) is 1.01. The van der Waals surface area contributed by atoms with Crippen molar-refractivity contribution in [2.24, 2.45) is 0 Å². The molecule has 0 amide bonds. The fourth-order valence-electron chi connectivity index (χ4n) is 3.36. The Morgan fingerprint density at radius 1 is 1.41 bits per heavy atom. The molecule has 1 atom stereocenters. The van der Waals surface area contributed by atoms with Gasteiger partial charge in [0, 0.05) is 63.2 Å². The number of nitrogens with one attached hydrogen (secondary N) is 1. The maximum atomic E-state index is 9.32. The second-order valence-corrected chi connectivity index (χ2v) is 6.69. The number of aryl methyl sites for hydroxylation is 1. The normalized spacial score (nSPS) is 20.9. The first-order valence-corrected chi connectivity index (χ1v) is 8.75. The minimum absolute atomic E-state index is 0.271. The second-order valence-electron chi connectivity index (χ2n) is 6.69. The van der Waals surface area contributed by atoms with Gasteiger partial charge < -0.3 is 10.1 Å². The number of nitrogens with zero attached hydrogens (tertiary/aromatic N) is 3. The van der Waals surface area contributed by atoms with E-state index in [-0.39, 0.29) is 6.61 Å². The molecule has 2 N–H and O–H groups in total. The van der Waals surface area contributed by atoms with E-state index in [0.29, 0.717) is 12.1 Å². The molecule has 1 aliphatic rings. The van der Waals surface area contributed by atoms with Gasteiger partial charge in [-0.1, -0.05) is 13.3 Å². The van der Waals surface area contributed by atoms with Gasteiger partial charge in [-0.2, -0.15) is 0 Å². The largest absolute Gasteiger partial charge is 0.396 e. The maximum Gasteiger partial charge on any atom is 0.106 e.